The lowest BCUT2D eigenvalue weighted by Crippen LogP contribution is -2.38. The summed E-state index contributed by atoms with van der Waals surface area (Å²) in [5.74, 6) is 0.334. The lowest BCUT2D eigenvalue weighted by Gasteiger charge is -2.22. The van der Waals surface area contributed by atoms with Crippen LogP contribution in [0.5, 0.6) is 0 Å². The molecular weight excluding hydrogens is 336 g/mol. The molecule has 0 aliphatic carbocycles. The van der Waals surface area contributed by atoms with Crippen LogP contribution in [0, 0.1) is 6.92 Å². The van der Waals surface area contributed by atoms with Crippen LogP contribution in [0.1, 0.15) is 43.7 Å². The highest BCUT2D eigenvalue weighted by atomic mass is 32.2. The van der Waals surface area contributed by atoms with Gasteiger partial charge in [-0.1, -0.05) is 37.6 Å². The van der Waals surface area contributed by atoms with Crippen molar-refractivity contribution in [3.63, 3.8) is 0 Å². The average Bonchev–Trinajstić information content (AvgIpc) is 2.86. The number of nitrogens with zero attached hydrogens (tertiary/aromatic N) is 2. The molecule has 25 heavy (non-hydrogen) atoms. The lowest BCUT2D eigenvalue weighted by atomic mass is 10.0. The molecule has 1 fully saturated rings. The van der Waals surface area contributed by atoms with E-state index in [1.165, 1.54) is 11.1 Å². The fourth-order valence-corrected chi connectivity index (χ4v) is 4.85. The minimum absolute atomic E-state index is 0.121. The summed E-state index contributed by atoms with van der Waals surface area (Å²) in [6.45, 7) is 6.14. The second-order valence-electron chi connectivity index (χ2n) is 6.73. The largest absolute Gasteiger partial charge is 0.341 e. The molecule has 0 spiro atoms. The second kappa shape index (κ2) is 9.34. The summed E-state index contributed by atoms with van der Waals surface area (Å²) < 4.78 is 26.3. The van der Waals surface area contributed by atoms with Gasteiger partial charge in [-0.05, 0) is 37.3 Å². The van der Waals surface area contributed by atoms with Crippen molar-refractivity contribution >= 4 is 15.9 Å². The Morgan fingerprint density at radius 3 is 2.60 bits per heavy atom. The standard InChI is InChI=1S/C19H30N2O3S/c1-3-4-16-25(23,24)21-13-7-12-20(14-15-21)19(22)11-10-18-9-6-5-8-17(18)2/h5-6,8-9H,3-4,7,10-16H2,1-2H3. The molecule has 0 atom stereocenters. The van der Waals surface area contributed by atoms with E-state index in [9.17, 15) is 13.2 Å². The fraction of sp³-hybridized carbons (Fsp3) is 0.632. The van der Waals surface area contributed by atoms with Gasteiger partial charge >= 0.3 is 0 Å². The highest BCUT2D eigenvalue weighted by molar-refractivity contribution is 7.89. The van der Waals surface area contributed by atoms with Crippen molar-refractivity contribution in [3.8, 4) is 0 Å². The van der Waals surface area contributed by atoms with Gasteiger partial charge in [0.1, 0.15) is 0 Å². The highest BCUT2D eigenvalue weighted by Crippen LogP contribution is 2.14. The highest BCUT2D eigenvalue weighted by Gasteiger charge is 2.26. The fourth-order valence-electron chi connectivity index (χ4n) is 3.17. The predicted octanol–water partition coefficient (Wildman–Crippen LogP) is 2.59. The van der Waals surface area contributed by atoms with Crippen molar-refractivity contribution in [2.24, 2.45) is 0 Å². The molecular formula is C19H30N2O3S. The first-order chi connectivity index (χ1) is 11.9. The Morgan fingerprint density at radius 1 is 1.12 bits per heavy atom. The third-order valence-corrected chi connectivity index (χ3v) is 6.78. The monoisotopic (exact) mass is 366 g/mol. The summed E-state index contributed by atoms with van der Waals surface area (Å²) in [4.78, 5) is 14.3. The van der Waals surface area contributed by atoms with Crippen molar-refractivity contribution in [1.29, 1.82) is 0 Å². The number of amides is 1. The number of hydrogen-bond acceptors (Lipinski definition) is 3. The molecule has 5 nitrogen and oxygen atoms in total. The molecule has 0 aromatic heterocycles. The van der Waals surface area contributed by atoms with E-state index in [0.717, 1.165) is 12.8 Å². The molecule has 0 unspecified atom stereocenters. The number of aryl methyl sites for hydroxylation is 2. The summed E-state index contributed by atoms with van der Waals surface area (Å²) in [5, 5.41) is 0. The zero-order valence-corrected chi connectivity index (χ0v) is 16.2. The number of hydrogen-bond donors (Lipinski definition) is 0. The molecule has 1 saturated heterocycles. The van der Waals surface area contributed by atoms with Gasteiger partial charge < -0.3 is 4.90 Å². The molecule has 1 aromatic rings. The molecule has 0 bridgehead atoms. The zero-order chi connectivity index (χ0) is 18.3. The van der Waals surface area contributed by atoms with Gasteiger partial charge in [-0.2, -0.15) is 0 Å². The Kier molecular flexibility index (Phi) is 7.44. The van der Waals surface area contributed by atoms with Gasteiger partial charge in [0, 0.05) is 32.6 Å². The normalized spacial score (nSPS) is 16.6. The Labute approximate surface area is 152 Å². The quantitative estimate of drug-likeness (QED) is 0.745. The smallest absolute Gasteiger partial charge is 0.222 e. The van der Waals surface area contributed by atoms with Crippen molar-refractivity contribution < 1.29 is 13.2 Å². The second-order valence-corrected chi connectivity index (χ2v) is 8.82. The van der Waals surface area contributed by atoms with E-state index in [1.807, 2.05) is 24.0 Å². The third kappa shape index (κ3) is 5.82. The first kappa shape index (κ1) is 19.9. The van der Waals surface area contributed by atoms with Gasteiger partial charge in [-0.15, -0.1) is 0 Å². The molecule has 0 N–H and O–H groups in total. The van der Waals surface area contributed by atoms with Crippen LogP contribution >= 0.6 is 0 Å². The van der Waals surface area contributed by atoms with Crippen LogP contribution in [0.3, 0.4) is 0 Å². The van der Waals surface area contributed by atoms with Gasteiger partial charge in [0.2, 0.25) is 15.9 Å². The molecule has 1 aromatic carbocycles. The SMILES string of the molecule is CCCCS(=O)(=O)N1CCCN(C(=O)CCc2ccccc2C)CC1. The van der Waals surface area contributed by atoms with E-state index in [4.69, 9.17) is 0 Å². The van der Waals surface area contributed by atoms with Gasteiger partial charge in [0.25, 0.3) is 0 Å². The van der Waals surface area contributed by atoms with Crippen LogP contribution in [-0.4, -0.2) is 55.5 Å². The molecule has 1 aliphatic rings. The lowest BCUT2D eigenvalue weighted by molar-refractivity contribution is -0.131. The Hall–Kier alpha value is -1.40. The summed E-state index contributed by atoms with van der Waals surface area (Å²) in [5.41, 5.74) is 2.41. The molecule has 0 saturated carbocycles. The van der Waals surface area contributed by atoms with E-state index in [1.54, 1.807) is 4.31 Å². The number of unbranched alkanes of at least 4 members (excludes halogenated alkanes) is 1. The van der Waals surface area contributed by atoms with Crippen LogP contribution in [0.2, 0.25) is 0 Å². The van der Waals surface area contributed by atoms with Crippen LogP contribution in [0.25, 0.3) is 0 Å². The van der Waals surface area contributed by atoms with Crippen LogP contribution in [0.4, 0.5) is 0 Å². The van der Waals surface area contributed by atoms with Gasteiger partial charge in [0.05, 0.1) is 5.75 Å². The predicted molar refractivity (Wildman–Crippen MR) is 101 cm³/mol. The first-order valence-corrected chi connectivity index (χ1v) is 10.8. The van der Waals surface area contributed by atoms with E-state index >= 15 is 0 Å². The summed E-state index contributed by atoms with van der Waals surface area (Å²) >= 11 is 0. The Morgan fingerprint density at radius 2 is 1.88 bits per heavy atom. The molecule has 1 aliphatic heterocycles. The van der Waals surface area contributed by atoms with Crippen LogP contribution < -0.4 is 0 Å². The third-order valence-electron chi connectivity index (χ3n) is 4.83. The molecule has 140 valence electrons. The van der Waals surface area contributed by atoms with Crippen molar-refractivity contribution in [3.05, 3.63) is 35.4 Å². The first-order valence-electron chi connectivity index (χ1n) is 9.24. The van der Waals surface area contributed by atoms with Gasteiger partial charge in [-0.3, -0.25) is 4.79 Å². The average molecular weight is 367 g/mol. The van der Waals surface area contributed by atoms with Crippen molar-refractivity contribution in [2.45, 2.75) is 46.0 Å². The van der Waals surface area contributed by atoms with Crippen LogP contribution in [-0.2, 0) is 21.2 Å². The van der Waals surface area contributed by atoms with E-state index in [-0.39, 0.29) is 11.7 Å². The van der Waals surface area contributed by atoms with E-state index < -0.39 is 10.0 Å². The Bertz CT molecular complexity index is 673. The molecule has 1 heterocycles. The summed E-state index contributed by atoms with van der Waals surface area (Å²) in [6.07, 6.45) is 3.49. The maximum absolute atomic E-state index is 12.5. The summed E-state index contributed by atoms with van der Waals surface area (Å²) in [6, 6.07) is 8.12. The van der Waals surface area contributed by atoms with Crippen molar-refractivity contribution in [1.82, 2.24) is 9.21 Å². The van der Waals surface area contributed by atoms with E-state index in [2.05, 4.69) is 19.1 Å². The molecule has 1 amide bonds. The number of carbonyl (C=O) groups is 1. The molecule has 0 radical (unpaired) electrons. The van der Waals surface area contributed by atoms with Crippen LogP contribution in [0.15, 0.2) is 24.3 Å². The zero-order valence-electron chi connectivity index (χ0n) is 15.4. The molecule has 6 heteroatoms. The van der Waals surface area contributed by atoms with Crippen molar-refractivity contribution in [2.75, 3.05) is 31.9 Å². The van der Waals surface area contributed by atoms with Gasteiger partial charge in [-0.25, -0.2) is 12.7 Å². The topological polar surface area (TPSA) is 57.7 Å². The number of rotatable bonds is 7. The van der Waals surface area contributed by atoms with E-state index in [0.29, 0.717) is 45.4 Å². The minimum atomic E-state index is -3.18. The number of benzene rings is 1. The van der Waals surface area contributed by atoms with Gasteiger partial charge in [0.15, 0.2) is 0 Å². The Balaban J connectivity index is 1.87. The maximum atomic E-state index is 12.5. The number of carbonyl (C=O) groups excluding carboxylic acids is 1. The maximum Gasteiger partial charge on any atom is 0.222 e. The summed E-state index contributed by atoms with van der Waals surface area (Å²) in [7, 11) is -3.18. The number of sulfonamides is 1. The minimum Gasteiger partial charge on any atom is -0.341 e. The molecule has 2 rings (SSSR count).